The van der Waals surface area contributed by atoms with E-state index in [1.807, 2.05) is 6.92 Å². The van der Waals surface area contributed by atoms with Crippen molar-refractivity contribution in [2.24, 2.45) is 0 Å². The van der Waals surface area contributed by atoms with Crippen molar-refractivity contribution in [1.82, 2.24) is 9.29 Å². The summed E-state index contributed by atoms with van der Waals surface area (Å²) < 4.78 is 26.7. The fourth-order valence-corrected chi connectivity index (χ4v) is 5.77. The number of rotatable bonds is 6. The first-order chi connectivity index (χ1) is 13.7. The SMILES string of the molecule is C=CCN(C(=O)c1cc(C)c(C)c(S(=O)(=O)N(C)C)c1)c1nc2c(s1)CCCC2. The monoisotopic (exact) mass is 433 g/mol. The summed E-state index contributed by atoms with van der Waals surface area (Å²) in [5, 5.41) is 0.650. The van der Waals surface area contributed by atoms with Gasteiger partial charge in [-0.2, -0.15) is 0 Å². The van der Waals surface area contributed by atoms with E-state index in [-0.39, 0.29) is 10.8 Å². The van der Waals surface area contributed by atoms with Crippen LogP contribution in [0.1, 0.15) is 44.9 Å². The van der Waals surface area contributed by atoms with Gasteiger partial charge >= 0.3 is 0 Å². The van der Waals surface area contributed by atoms with E-state index in [1.165, 1.54) is 29.3 Å². The van der Waals surface area contributed by atoms with Gasteiger partial charge in [0.2, 0.25) is 10.0 Å². The van der Waals surface area contributed by atoms with E-state index in [2.05, 4.69) is 6.58 Å². The van der Waals surface area contributed by atoms with Crippen molar-refractivity contribution in [2.75, 3.05) is 25.5 Å². The van der Waals surface area contributed by atoms with Crippen LogP contribution in [0.15, 0.2) is 29.7 Å². The number of hydrogen-bond donors (Lipinski definition) is 0. The highest BCUT2D eigenvalue weighted by Gasteiger charge is 2.27. The van der Waals surface area contributed by atoms with Crippen LogP contribution in [0.25, 0.3) is 0 Å². The minimum absolute atomic E-state index is 0.155. The molecule has 0 atom stereocenters. The van der Waals surface area contributed by atoms with E-state index in [4.69, 9.17) is 4.98 Å². The van der Waals surface area contributed by atoms with Gasteiger partial charge in [-0.05, 0) is 62.8 Å². The zero-order valence-corrected chi connectivity index (χ0v) is 19.0. The largest absolute Gasteiger partial charge is 0.280 e. The summed E-state index contributed by atoms with van der Waals surface area (Å²) in [7, 11) is -0.684. The molecule has 1 aromatic carbocycles. The molecular weight excluding hydrogens is 406 g/mol. The zero-order valence-electron chi connectivity index (χ0n) is 17.4. The van der Waals surface area contributed by atoms with Crippen LogP contribution in [0.3, 0.4) is 0 Å². The lowest BCUT2D eigenvalue weighted by molar-refractivity contribution is 0.0989. The molecule has 1 aliphatic carbocycles. The van der Waals surface area contributed by atoms with Crippen LogP contribution in [0.4, 0.5) is 5.13 Å². The second-order valence-corrected chi connectivity index (χ2v) is 10.7. The molecule has 0 radical (unpaired) electrons. The van der Waals surface area contributed by atoms with Crippen molar-refractivity contribution in [3.05, 3.63) is 52.0 Å². The van der Waals surface area contributed by atoms with E-state index < -0.39 is 10.0 Å². The Morgan fingerprint density at radius 1 is 1.24 bits per heavy atom. The van der Waals surface area contributed by atoms with Crippen LogP contribution < -0.4 is 4.90 Å². The summed E-state index contributed by atoms with van der Waals surface area (Å²) in [6.07, 6.45) is 5.87. The maximum absolute atomic E-state index is 13.4. The number of nitrogens with zero attached hydrogens (tertiary/aromatic N) is 3. The molecule has 0 unspecified atom stereocenters. The molecule has 29 heavy (non-hydrogen) atoms. The predicted octanol–water partition coefficient (Wildman–Crippen LogP) is 3.72. The number of anilines is 1. The van der Waals surface area contributed by atoms with Gasteiger partial charge in [0.05, 0.1) is 10.6 Å². The normalized spacial score (nSPS) is 14.0. The molecule has 0 bridgehead atoms. The smallest absolute Gasteiger partial charge is 0.260 e. The van der Waals surface area contributed by atoms with Crippen LogP contribution >= 0.6 is 11.3 Å². The second-order valence-electron chi connectivity index (χ2n) is 7.48. The Hall–Kier alpha value is -2.03. The molecule has 3 rings (SSSR count). The maximum Gasteiger partial charge on any atom is 0.260 e. The highest BCUT2D eigenvalue weighted by atomic mass is 32.2. The molecule has 0 spiro atoms. The molecule has 8 heteroatoms. The lowest BCUT2D eigenvalue weighted by atomic mass is 10.0. The van der Waals surface area contributed by atoms with Gasteiger partial charge in [-0.25, -0.2) is 17.7 Å². The van der Waals surface area contributed by atoms with Gasteiger partial charge in [0, 0.05) is 31.1 Å². The molecule has 6 nitrogen and oxygen atoms in total. The molecular formula is C21H27N3O3S2. The highest BCUT2D eigenvalue weighted by Crippen LogP contribution is 2.33. The Kier molecular flexibility index (Phi) is 6.26. The molecule has 1 amide bonds. The number of aryl methyl sites for hydroxylation is 3. The van der Waals surface area contributed by atoms with Crippen LogP contribution in [-0.4, -0.2) is 44.3 Å². The molecule has 2 aromatic rings. The quantitative estimate of drug-likeness (QED) is 0.651. The summed E-state index contributed by atoms with van der Waals surface area (Å²) in [5.74, 6) is -0.269. The van der Waals surface area contributed by atoms with E-state index in [1.54, 1.807) is 35.3 Å². The maximum atomic E-state index is 13.4. The van der Waals surface area contributed by atoms with E-state index in [0.717, 1.165) is 36.9 Å². The molecule has 1 aromatic heterocycles. The summed E-state index contributed by atoms with van der Waals surface area (Å²) in [6, 6.07) is 3.22. The van der Waals surface area contributed by atoms with Gasteiger partial charge in [0.25, 0.3) is 5.91 Å². The van der Waals surface area contributed by atoms with Gasteiger partial charge in [-0.1, -0.05) is 6.08 Å². The highest BCUT2D eigenvalue weighted by molar-refractivity contribution is 7.89. The number of fused-ring (bicyclic) bond motifs is 1. The van der Waals surface area contributed by atoms with Crippen LogP contribution in [0.5, 0.6) is 0 Å². The summed E-state index contributed by atoms with van der Waals surface area (Å²) in [6.45, 7) is 7.67. The Morgan fingerprint density at radius 2 is 1.93 bits per heavy atom. The Balaban J connectivity index is 2.06. The van der Waals surface area contributed by atoms with Gasteiger partial charge in [0.1, 0.15) is 0 Å². The first-order valence-corrected chi connectivity index (χ1v) is 11.9. The topological polar surface area (TPSA) is 70.6 Å². The molecule has 1 aliphatic rings. The number of amides is 1. The summed E-state index contributed by atoms with van der Waals surface area (Å²) in [5.41, 5.74) is 2.82. The Morgan fingerprint density at radius 3 is 2.55 bits per heavy atom. The van der Waals surface area contributed by atoms with E-state index in [9.17, 15) is 13.2 Å². The van der Waals surface area contributed by atoms with Crippen molar-refractivity contribution in [3.63, 3.8) is 0 Å². The number of thiazole rings is 1. The second kappa shape index (κ2) is 8.38. The molecule has 156 valence electrons. The first-order valence-electron chi connectivity index (χ1n) is 9.62. The van der Waals surface area contributed by atoms with Crippen molar-refractivity contribution >= 4 is 32.4 Å². The van der Waals surface area contributed by atoms with Crippen LogP contribution in [-0.2, 0) is 22.9 Å². The van der Waals surface area contributed by atoms with Crippen molar-refractivity contribution in [2.45, 2.75) is 44.4 Å². The number of aromatic nitrogens is 1. The molecule has 1 heterocycles. The first kappa shape index (κ1) is 21.7. The van der Waals surface area contributed by atoms with Crippen LogP contribution in [0.2, 0.25) is 0 Å². The summed E-state index contributed by atoms with van der Waals surface area (Å²) in [4.78, 5) is 21.1. The van der Waals surface area contributed by atoms with Gasteiger partial charge in [-0.3, -0.25) is 9.69 Å². The average molecular weight is 434 g/mol. The van der Waals surface area contributed by atoms with Gasteiger partial charge < -0.3 is 0 Å². The minimum Gasteiger partial charge on any atom is -0.280 e. The number of benzene rings is 1. The third-order valence-corrected chi connectivity index (χ3v) is 8.37. The Bertz CT molecular complexity index is 1030. The number of hydrogen-bond acceptors (Lipinski definition) is 5. The Labute approximate surface area is 176 Å². The minimum atomic E-state index is -3.66. The number of carbonyl (C=O) groups is 1. The third kappa shape index (κ3) is 4.15. The fraction of sp³-hybridized carbons (Fsp3) is 0.429. The predicted molar refractivity (Wildman–Crippen MR) is 117 cm³/mol. The lowest BCUT2D eigenvalue weighted by Crippen LogP contribution is -2.31. The molecule has 0 aliphatic heterocycles. The summed E-state index contributed by atoms with van der Waals surface area (Å²) >= 11 is 1.55. The molecule has 0 fully saturated rings. The lowest BCUT2D eigenvalue weighted by Gasteiger charge is -2.21. The van der Waals surface area contributed by atoms with Crippen molar-refractivity contribution in [3.8, 4) is 0 Å². The van der Waals surface area contributed by atoms with E-state index >= 15 is 0 Å². The van der Waals surface area contributed by atoms with Crippen molar-refractivity contribution in [1.29, 1.82) is 0 Å². The number of sulfonamides is 1. The zero-order chi connectivity index (χ0) is 21.3. The molecule has 0 saturated heterocycles. The van der Waals surface area contributed by atoms with Gasteiger partial charge in [0.15, 0.2) is 5.13 Å². The standard InChI is InChI=1S/C21H27N3O3S2/c1-6-11-24(21-22-17-9-7-8-10-18(17)28-21)20(25)16-12-14(2)15(3)19(13-16)29(26,27)23(4)5/h6,12-13H,1,7-11H2,2-5H3. The molecule has 0 saturated carbocycles. The van der Waals surface area contributed by atoms with Crippen LogP contribution in [0, 0.1) is 13.8 Å². The number of carbonyl (C=O) groups excluding carboxylic acids is 1. The average Bonchev–Trinajstić information content (AvgIpc) is 3.11. The molecule has 0 N–H and O–H groups in total. The fourth-order valence-electron chi connectivity index (χ4n) is 3.40. The van der Waals surface area contributed by atoms with Crippen molar-refractivity contribution < 1.29 is 13.2 Å². The van der Waals surface area contributed by atoms with Gasteiger partial charge in [-0.15, -0.1) is 17.9 Å². The van der Waals surface area contributed by atoms with E-state index in [0.29, 0.717) is 22.8 Å². The third-order valence-electron chi connectivity index (χ3n) is 5.25.